The topological polar surface area (TPSA) is 68.5 Å². The van der Waals surface area contributed by atoms with Crippen LogP contribution in [-0.2, 0) is 4.79 Å². The highest BCUT2D eigenvalue weighted by Gasteiger charge is 2.68. The summed E-state index contributed by atoms with van der Waals surface area (Å²) in [6.07, 6.45) is 4.23. The minimum Gasteiger partial charge on any atom is -0.486 e. The van der Waals surface area contributed by atoms with Crippen LogP contribution < -0.4 is 10.1 Å². The van der Waals surface area contributed by atoms with E-state index in [4.69, 9.17) is 20.8 Å². The lowest BCUT2D eigenvalue weighted by molar-refractivity contribution is -0.162. The van der Waals surface area contributed by atoms with Gasteiger partial charge in [-0.05, 0) is 42.9 Å². The van der Waals surface area contributed by atoms with Crippen LogP contribution in [0.4, 0.5) is 4.39 Å². The highest BCUT2D eigenvalue weighted by atomic mass is 35.5. The number of benzene rings is 2. The van der Waals surface area contributed by atoms with Gasteiger partial charge in [-0.2, -0.15) is 0 Å². The summed E-state index contributed by atoms with van der Waals surface area (Å²) in [4.78, 5) is 25.0. The van der Waals surface area contributed by atoms with Gasteiger partial charge in [-0.1, -0.05) is 29.8 Å². The van der Waals surface area contributed by atoms with Gasteiger partial charge in [0.15, 0.2) is 5.78 Å². The quantitative estimate of drug-likeness (QED) is 0.581. The lowest BCUT2D eigenvalue weighted by Crippen LogP contribution is -2.75. The van der Waals surface area contributed by atoms with E-state index in [1.807, 2.05) is 24.3 Å². The number of furan rings is 1. The van der Waals surface area contributed by atoms with Gasteiger partial charge in [0.25, 0.3) is 5.91 Å². The number of fused-ring (bicyclic) bond motifs is 1. The molecule has 5 nitrogen and oxygen atoms in total. The summed E-state index contributed by atoms with van der Waals surface area (Å²) < 4.78 is 24.3. The molecule has 3 aromatic rings. The monoisotopic (exact) mass is 427 g/mol. The summed E-state index contributed by atoms with van der Waals surface area (Å²) in [7, 11) is 0. The van der Waals surface area contributed by atoms with Crippen molar-refractivity contribution in [3.05, 3.63) is 65.1 Å². The van der Waals surface area contributed by atoms with Crippen LogP contribution in [0.1, 0.15) is 36.0 Å². The lowest BCUT2D eigenvalue weighted by atomic mass is 9.38. The van der Waals surface area contributed by atoms with Crippen molar-refractivity contribution in [2.24, 2.45) is 5.41 Å². The van der Waals surface area contributed by atoms with Gasteiger partial charge in [-0.15, -0.1) is 0 Å². The van der Waals surface area contributed by atoms with Crippen molar-refractivity contribution in [2.45, 2.75) is 31.2 Å². The summed E-state index contributed by atoms with van der Waals surface area (Å²) in [5.74, 6) is -0.485. The van der Waals surface area contributed by atoms with Gasteiger partial charge in [0.2, 0.25) is 0 Å². The average molecular weight is 428 g/mol. The summed E-state index contributed by atoms with van der Waals surface area (Å²) in [5.41, 5.74) is 0.930. The molecule has 0 atom stereocenters. The Kier molecular flexibility index (Phi) is 4.36. The van der Waals surface area contributed by atoms with Crippen LogP contribution in [0.3, 0.4) is 0 Å². The van der Waals surface area contributed by atoms with Crippen molar-refractivity contribution in [1.82, 2.24) is 5.32 Å². The van der Waals surface area contributed by atoms with Crippen LogP contribution in [0.2, 0.25) is 5.02 Å². The fourth-order valence-electron chi connectivity index (χ4n) is 4.98. The van der Waals surface area contributed by atoms with E-state index < -0.39 is 5.82 Å². The van der Waals surface area contributed by atoms with Gasteiger partial charge >= 0.3 is 0 Å². The zero-order valence-electron chi connectivity index (χ0n) is 16.0. The number of amides is 1. The van der Waals surface area contributed by atoms with Crippen LogP contribution in [0.5, 0.6) is 5.75 Å². The second kappa shape index (κ2) is 6.84. The number of para-hydroxylation sites is 1. The predicted molar refractivity (Wildman–Crippen MR) is 109 cm³/mol. The molecule has 30 heavy (non-hydrogen) atoms. The zero-order chi connectivity index (χ0) is 20.9. The largest absolute Gasteiger partial charge is 0.486 e. The highest BCUT2D eigenvalue weighted by Crippen LogP contribution is 2.69. The fraction of sp³-hybridized carbons (Fsp3) is 0.304. The maximum absolute atomic E-state index is 13.4. The maximum atomic E-state index is 13.4. The molecule has 1 heterocycles. The molecular weight excluding hydrogens is 409 g/mol. The number of rotatable bonds is 7. The molecule has 1 amide bonds. The van der Waals surface area contributed by atoms with Crippen molar-refractivity contribution in [3.63, 3.8) is 0 Å². The molecule has 2 aromatic carbocycles. The number of carbonyl (C=O) groups is 2. The van der Waals surface area contributed by atoms with E-state index in [-0.39, 0.29) is 40.0 Å². The van der Waals surface area contributed by atoms with Crippen molar-refractivity contribution in [3.8, 4) is 5.75 Å². The average Bonchev–Trinajstić information content (AvgIpc) is 3.10. The van der Waals surface area contributed by atoms with Crippen LogP contribution in [0, 0.1) is 11.2 Å². The van der Waals surface area contributed by atoms with Crippen LogP contribution in [0.25, 0.3) is 11.0 Å². The molecule has 0 spiro atoms. The number of carbonyl (C=O) groups excluding carboxylic acids is 2. The SMILES string of the molecule is O=C(COc1ccc(Cl)c(F)c1)CC12CC(NC(=O)c3coc4ccccc34)(C1)C2. The van der Waals surface area contributed by atoms with E-state index in [1.54, 1.807) is 0 Å². The van der Waals surface area contributed by atoms with Crippen molar-refractivity contribution >= 4 is 34.3 Å². The number of Topliss-reactive ketones (excluding diaryl/α,β-unsaturated/α-hetero) is 1. The molecule has 0 radical (unpaired) electrons. The fourth-order valence-corrected chi connectivity index (χ4v) is 5.10. The number of nitrogens with one attached hydrogen (secondary N) is 1. The first-order valence-corrected chi connectivity index (χ1v) is 10.1. The lowest BCUT2D eigenvalue weighted by Gasteiger charge is -2.70. The zero-order valence-corrected chi connectivity index (χ0v) is 16.8. The van der Waals surface area contributed by atoms with E-state index in [9.17, 15) is 14.0 Å². The Bertz CT molecular complexity index is 1150. The number of hydrogen-bond acceptors (Lipinski definition) is 4. The molecule has 0 unspecified atom stereocenters. The van der Waals surface area contributed by atoms with Gasteiger partial charge in [0.05, 0.1) is 10.6 Å². The molecule has 1 aromatic heterocycles. The molecule has 7 heteroatoms. The summed E-state index contributed by atoms with van der Waals surface area (Å²) in [6.45, 7) is -0.108. The van der Waals surface area contributed by atoms with Crippen LogP contribution in [0.15, 0.2) is 53.1 Å². The molecule has 3 aliphatic carbocycles. The summed E-state index contributed by atoms with van der Waals surface area (Å²) >= 11 is 5.64. The van der Waals surface area contributed by atoms with Crippen molar-refractivity contribution < 1.29 is 23.1 Å². The number of ketones is 1. The maximum Gasteiger partial charge on any atom is 0.255 e. The number of halogens is 2. The Hall–Kier alpha value is -2.86. The molecule has 0 saturated heterocycles. The first kappa shape index (κ1) is 19.1. The predicted octanol–water partition coefficient (Wildman–Crippen LogP) is 4.92. The Morgan fingerprint density at radius 1 is 1.17 bits per heavy atom. The second-order valence-electron chi connectivity index (χ2n) is 8.49. The minimum absolute atomic E-state index is 0.0123. The first-order chi connectivity index (χ1) is 14.4. The van der Waals surface area contributed by atoms with Crippen LogP contribution in [-0.4, -0.2) is 23.8 Å². The van der Waals surface area contributed by atoms with Gasteiger partial charge in [-0.25, -0.2) is 4.39 Å². The Labute approximate surface area is 177 Å². The number of ether oxygens (including phenoxy) is 1. The van der Waals surface area contributed by atoms with E-state index in [0.29, 0.717) is 17.6 Å². The van der Waals surface area contributed by atoms with Gasteiger partial charge in [-0.3, -0.25) is 9.59 Å². The Morgan fingerprint density at radius 3 is 2.70 bits per heavy atom. The van der Waals surface area contributed by atoms with Crippen molar-refractivity contribution in [1.29, 1.82) is 0 Å². The van der Waals surface area contributed by atoms with Crippen molar-refractivity contribution in [2.75, 3.05) is 6.61 Å². The molecule has 1 N–H and O–H groups in total. The van der Waals surface area contributed by atoms with E-state index in [0.717, 1.165) is 24.6 Å². The Balaban J connectivity index is 1.13. The standard InChI is InChI=1S/C23H19ClFNO4/c24-18-6-5-15(7-19(18)25)29-9-14(27)8-22-11-23(12-22,13-22)26-21(28)17-10-30-20-4-2-1-3-16(17)20/h1-7,10H,8-9,11-13H2,(H,26,28). The smallest absolute Gasteiger partial charge is 0.255 e. The molecule has 2 bridgehead atoms. The molecular formula is C23H19ClFNO4. The molecule has 3 saturated carbocycles. The molecule has 3 aliphatic rings. The number of hydrogen-bond donors (Lipinski definition) is 1. The van der Waals surface area contributed by atoms with E-state index >= 15 is 0 Å². The second-order valence-corrected chi connectivity index (χ2v) is 8.90. The summed E-state index contributed by atoms with van der Waals surface area (Å²) in [5, 5.41) is 3.93. The molecule has 154 valence electrons. The summed E-state index contributed by atoms with van der Waals surface area (Å²) in [6, 6.07) is 11.5. The normalized spacial score (nSPS) is 24.1. The minimum atomic E-state index is -0.580. The van der Waals surface area contributed by atoms with Gasteiger partial charge < -0.3 is 14.5 Å². The van der Waals surface area contributed by atoms with Crippen LogP contribution >= 0.6 is 11.6 Å². The highest BCUT2D eigenvalue weighted by molar-refractivity contribution is 6.30. The first-order valence-electron chi connectivity index (χ1n) is 9.75. The van der Waals surface area contributed by atoms with Gasteiger partial charge in [0.1, 0.15) is 30.0 Å². The Morgan fingerprint density at radius 2 is 1.93 bits per heavy atom. The third kappa shape index (κ3) is 3.25. The molecule has 0 aliphatic heterocycles. The van der Waals surface area contributed by atoms with E-state index in [1.165, 1.54) is 24.5 Å². The molecule has 6 rings (SSSR count). The molecule has 3 fully saturated rings. The van der Waals surface area contributed by atoms with E-state index in [2.05, 4.69) is 5.32 Å². The third-order valence-electron chi connectivity index (χ3n) is 6.11. The van der Waals surface area contributed by atoms with Gasteiger partial charge in [0, 0.05) is 23.4 Å². The third-order valence-corrected chi connectivity index (χ3v) is 6.41.